The molecule has 1 aromatic heterocycles. The van der Waals surface area contributed by atoms with Crippen molar-refractivity contribution in [2.24, 2.45) is 10.9 Å². The molecule has 5 nitrogen and oxygen atoms in total. The number of nitrogens with zero attached hydrogens (tertiary/aromatic N) is 2. The van der Waals surface area contributed by atoms with Gasteiger partial charge in [-0.3, -0.25) is 4.98 Å². The van der Waals surface area contributed by atoms with Crippen molar-refractivity contribution in [1.29, 1.82) is 0 Å². The number of ether oxygens (including phenoxy) is 1. The molecular weight excluding hydrogens is 310 g/mol. The number of nitrogens with two attached hydrogens (primary N) is 1. The first-order valence-electron chi connectivity index (χ1n) is 5.48. The molecule has 0 aliphatic heterocycles. The van der Waals surface area contributed by atoms with Crippen LogP contribution in [0.4, 0.5) is 0 Å². The van der Waals surface area contributed by atoms with E-state index in [2.05, 4.69) is 26.1 Å². The Hall–Kier alpha value is -2.08. The summed E-state index contributed by atoms with van der Waals surface area (Å²) in [6, 6.07) is 8.97. The van der Waals surface area contributed by atoms with Crippen LogP contribution in [0.1, 0.15) is 11.3 Å². The molecule has 1 aromatic carbocycles. The van der Waals surface area contributed by atoms with Gasteiger partial charge in [0.1, 0.15) is 17.2 Å². The van der Waals surface area contributed by atoms with E-state index in [9.17, 15) is 0 Å². The number of amidine groups is 1. The molecule has 3 N–H and O–H groups in total. The Kier molecular flexibility index (Phi) is 4.01. The van der Waals surface area contributed by atoms with Crippen LogP contribution >= 0.6 is 15.9 Å². The number of oxime groups is 1. The fraction of sp³-hybridized carbons (Fsp3) is 0.0769. The van der Waals surface area contributed by atoms with Gasteiger partial charge in [-0.1, -0.05) is 21.1 Å². The van der Waals surface area contributed by atoms with Crippen molar-refractivity contribution >= 4 is 21.8 Å². The molecule has 2 aromatic rings. The predicted octanol–water partition coefficient (Wildman–Crippen LogP) is 3.04. The average Bonchev–Trinajstić information content (AvgIpc) is 2.42. The molecule has 2 rings (SSSR count). The topological polar surface area (TPSA) is 80.7 Å². The van der Waals surface area contributed by atoms with Gasteiger partial charge in [0, 0.05) is 16.7 Å². The van der Waals surface area contributed by atoms with Crippen molar-refractivity contribution in [3.8, 4) is 11.5 Å². The molecule has 6 heteroatoms. The summed E-state index contributed by atoms with van der Waals surface area (Å²) < 4.78 is 6.72. The highest BCUT2D eigenvalue weighted by Crippen LogP contribution is 2.26. The van der Waals surface area contributed by atoms with Gasteiger partial charge in [-0.25, -0.2) is 0 Å². The Morgan fingerprint density at radius 3 is 2.74 bits per heavy atom. The van der Waals surface area contributed by atoms with Crippen molar-refractivity contribution in [3.05, 3.63) is 52.3 Å². The maximum Gasteiger partial charge on any atom is 0.188 e. The molecular formula is C13H12BrN3O2. The third-order valence-electron chi connectivity index (χ3n) is 2.47. The molecule has 0 saturated carbocycles. The molecule has 0 saturated heterocycles. The second-order valence-corrected chi connectivity index (χ2v) is 4.73. The highest BCUT2D eigenvalue weighted by atomic mass is 79.9. The Morgan fingerprint density at radius 1 is 1.32 bits per heavy atom. The van der Waals surface area contributed by atoms with Crippen LogP contribution in [0.25, 0.3) is 0 Å². The van der Waals surface area contributed by atoms with E-state index >= 15 is 0 Å². The second kappa shape index (κ2) is 5.71. The van der Waals surface area contributed by atoms with Crippen LogP contribution in [-0.4, -0.2) is 16.0 Å². The first kappa shape index (κ1) is 13.4. The van der Waals surface area contributed by atoms with E-state index in [0.717, 1.165) is 10.0 Å². The van der Waals surface area contributed by atoms with E-state index in [0.29, 0.717) is 17.2 Å². The van der Waals surface area contributed by atoms with Gasteiger partial charge in [-0.15, -0.1) is 0 Å². The van der Waals surface area contributed by atoms with Crippen LogP contribution < -0.4 is 10.5 Å². The third-order valence-corrected chi connectivity index (χ3v) is 3.36. The average molecular weight is 322 g/mol. The lowest BCUT2D eigenvalue weighted by atomic mass is 10.2. The van der Waals surface area contributed by atoms with Crippen LogP contribution in [0.3, 0.4) is 0 Å². The van der Waals surface area contributed by atoms with E-state index in [1.165, 1.54) is 6.20 Å². The van der Waals surface area contributed by atoms with E-state index < -0.39 is 0 Å². The summed E-state index contributed by atoms with van der Waals surface area (Å²) in [5, 5.41) is 11.5. The van der Waals surface area contributed by atoms with Gasteiger partial charge in [0.15, 0.2) is 5.84 Å². The van der Waals surface area contributed by atoms with Crippen LogP contribution in [-0.2, 0) is 0 Å². The highest BCUT2D eigenvalue weighted by Gasteiger charge is 2.05. The third kappa shape index (κ3) is 3.23. The first-order valence-corrected chi connectivity index (χ1v) is 6.27. The number of halogens is 1. The van der Waals surface area contributed by atoms with Crippen LogP contribution in [0.15, 0.2) is 46.2 Å². The Bertz CT molecular complexity index is 629. The van der Waals surface area contributed by atoms with Crippen molar-refractivity contribution in [3.63, 3.8) is 0 Å². The normalized spacial score (nSPS) is 11.4. The molecule has 0 spiro atoms. The summed E-state index contributed by atoms with van der Waals surface area (Å²) in [5.74, 6) is 1.22. The smallest absolute Gasteiger partial charge is 0.188 e. The largest absolute Gasteiger partial charge is 0.457 e. The minimum Gasteiger partial charge on any atom is -0.457 e. The zero-order chi connectivity index (χ0) is 13.8. The van der Waals surface area contributed by atoms with Gasteiger partial charge in [-0.05, 0) is 36.8 Å². The van der Waals surface area contributed by atoms with E-state index in [-0.39, 0.29) is 5.84 Å². The van der Waals surface area contributed by atoms with E-state index in [1.807, 2.05) is 25.1 Å². The van der Waals surface area contributed by atoms with Crippen molar-refractivity contribution < 1.29 is 9.94 Å². The second-order valence-electron chi connectivity index (χ2n) is 3.88. The minimum atomic E-state index is -0.0579. The number of aryl methyl sites for hydroxylation is 1. The van der Waals surface area contributed by atoms with Crippen LogP contribution in [0.5, 0.6) is 11.5 Å². The lowest BCUT2D eigenvalue weighted by molar-refractivity contribution is 0.318. The number of aromatic nitrogens is 1. The number of pyridine rings is 1. The van der Waals surface area contributed by atoms with Gasteiger partial charge in [-0.2, -0.15) is 0 Å². The van der Waals surface area contributed by atoms with E-state index in [1.54, 1.807) is 12.1 Å². The standard InChI is InChI=1S/C13H12BrN3O2/c1-8-6-9(2-3-11(8)14)19-10-4-5-16-12(7-10)13(15)17-18/h2-7,18H,1H3,(H2,15,17). The summed E-state index contributed by atoms with van der Waals surface area (Å²) in [6.07, 6.45) is 1.54. The number of benzene rings is 1. The Balaban J connectivity index is 2.26. The first-order chi connectivity index (χ1) is 9.10. The molecule has 0 aliphatic carbocycles. The minimum absolute atomic E-state index is 0.0579. The lowest BCUT2D eigenvalue weighted by Crippen LogP contribution is -2.14. The van der Waals surface area contributed by atoms with Gasteiger partial charge in [0.25, 0.3) is 0 Å². The Labute approximate surface area is 118 Å². The molecule has 19 heavy (non-hydrogen) atoms. The summed E-state index contributed by atoms with van der Waals surface area (Å²) in [7, 11) is 0. The van der Waals surface area contributed by atoms with Gasteiger partial charge >= 0.3 is 0 Å². The molecule has 1 heterocycles. The molecule has 0 radical (unpaired) electrons. The predicted molar refractivity (Wildman–Crippen MR) is 75.7 cm³/mol. The van der Waals surface area contributed by atoms with Gasteiger partial charge < -0.3 is 15.7 Å². The quantitative estimate of drug-likeness (QED) is 0.394. The SMILES string of the molecule is Cc1cc(Oc2ccnc(/C(N)=N/O)c2)ccc1Br. The molecule has 0 bridgehead atoms. The molecule has 0 aliphatic rings. The van der Waals surface area contributed by atoms with Crippen LogP contribution in [0.2, 0.25) is 0 Å². The van der Waals surface area contributed by atoms with E-state index in [4.69, 9.17) is 15.7 Å². The summed E-state index contributed by atoms with van der Waals surface area (Å²) in [6.45, 7) is 1.98. The summed E-state index contributed by atoms with van der Waals surface area (Å²) >= 11 is 3.43. The van der Waals surface area contributed by atoms with Gasteiger partial charge in [0.05, 0.1) is 0 Å². The van der Waals surface area contributed by atoms with Crippen molar-refractivity contribution in [1.82, 2.24) is 4.98 Å². The maximum absolute atomic E-state index is 8.61. The highest BCUT2D eigenvalue weighted by molar-refractivity contribution is 9.10. The molecule has 0 fully saturated rings. The van der Waals surface area contributed by atoms with Crippen LogP contribution in [0, 0.1) is 6.92 Å². The molecule has 0 amide bonds. The van der Waals surface area contributed by atoms with Crippen molar-refractivity contribution in [2.45, 2.75) is 6.92 Å². The zero-order valence-corrected chi connectivity index (χ0v) is 11.8. The molecule has 0 atom stereocenters. The number of rotatable bonds is 3. The number of hydrogen-bond donors (Lipinski definition) is 2. The monoisotopic (exact) mass is 321 g/mol. The number of hydrogen-bond acceptors (Lipinski definition) is 4. The fourth-order valence-corrected chi connectivity index (χ4v) is 1.73. The molecule has 98 valence electrons. The van der Waals surface area contributed by atoms with Gasteiger partial charge in [0.2, 0.25) is 0 Å². The summed E-state index contributed by atoms with van der Waals surface area (Å²) in [5.41, 5.74) is 6.90. The van der Waals surface area contributed by atoms with Crippen molar-refractivity contribution in [2.75, 3.05) is 0 Å². The fourth-order valence-electron chi connectivity index (χ4n) is 1.48. The maximum atomic E-state index is 8.61. The summed E-state index contributed by atoms with van der Waals surface area (Å²) in [4.78, 5) is 3.98. The lowest BCUT2D eigenvalue weighted by Gasteiger charge is -2.08. The molecule has 0 unspecified atom stereocenters. The zero-order valence-electron chi connectivity index (χ0n) is 10.2. The Morgan fingerprint density at radius 2 is 2.05 bits per heavy atom.